The van der Waals surface area contributed by atoms with E-state index in [9.17, 15) is 4.79 Å². The van der Waals surface area contributed by atoms with Gasteiger partial charge in [-0.25, -0.2) is 4.79 Å². The summed E-state index contributed by atoms with van der Waals surface area (Å²) < 4.78 is 3.40. The average molecular weight is 263 g/mol. The minimum absolute atomic E-state index is 0.151. The Balaban J connectivity index is 1.68. The van der Waals surface area contributed by atoms with Gasteiger partial charge >= 0.3 is 5.69 Å². The highest BCUT2D eigenvalue weighted by Gasteiger charge is 2.13. The van der Waals surface area contributed by atoms with Gasteiger partial charge < -0.3 is 14.7 Å². The van der Waals surface area contributed by atoms with E-state index in [1.165, 1.54) is 32.1 Å². The van der Waals surface area contributed by atoms with Gasteiger partial charge in [0.05, 0.1) is 11.0 Å². The van der Waals surface area contributed by atoms with Crippen LogP contribution in [0.4, 0.5) is 5.69 Å². The van der Waals surface area contributed by atoms with Gasteiger partial charge in [-0.1, -0.05) is 19.3 Å². The van der Waals surface area contributed by atoms with Crippen LogP contribution < -0.4 is 10.4 Å². The number of hydrogen-bond donors (Lipinski definition) is 3. The number of nitrogens with one attached hydrogen (secondary N) is 3. The van der Waals surface area contributed by atoms with E-state index in [0.29, 0.717) is 0 Å². The zero-order valence-electron chi connectivity index (χ0n) is 10.2. The number of hydrogen-bond acceptors (Lipinski definition) is 3. The first-order chi connectivity index (χ1) is 8.81. The summed E-state index contributed by atoms with van der Waals surface area (Å²) in [6.45, 7) is 0. The first-order valence-corrected chi connectivity index (χ1v) is 7.33. The number of rotatable bonds is 3. The third kappa shape index (κ3) is 2.56. The summed E-state index contributed by atoms with van der Waals surface area (Å²) in [5.74, 6) is 0. The van der Waals surface area contributed by atoms with Crippen molar-refractivity contribution in [2.75, 3.05) is 4.72 Å². The Kier molecular flexibility index (Phi) is 3.32. The molecule has 0 atom stereocenters. The lowest BCUT2D eigenvalue weighted by atomic mass is 10.0. The number of anilines is 1. The third-order valence-corrected chi connectivity index (χ3v) is 4.57. The second-order valence-corrected chi connectivity index (χ2v) is 5.93. The summed E-state index contributed by atoms with van der Waals surface area (Å²) in [4.78, 5) is 16.7. The van der Waals surface area contributed by atoms with Crippen LogP contribution in [-0.2, 0) is 0 Å². The van der Waals surface area contributed by atoms with Gasteiger partial charge in [-0.3, -0.25) is 0 Å². The molecule has 0 amide bonds. The molecule has 2 aromatic rings. The smallest absolute Gasteiger partial charge is 0.323 e. The number of aromatic nitrogens is 2. The van der Waals surface area contributed by atoms with Gasteiger partial charge in [-0.15, -0.1) is 0 Å². The van der Waals surface area contributed by atoms with Crippen molar-refractivity contribution in [2.45, 2.75) is 37.4 Å². The minimum Gasteiger partial charge on any atom is -0.329 e. The zero-order valence-corrected chi connectivity index (χ0v) is 11.0. The van der Waals surface area contributed by atoms with Crippen molar-refractivity contribution in [3.8, 4) is 0 Å². The number of benzene rings is 1. The highest BCUT2D eigenvalue weighted by atomic mass is 32.2. The lowest BCUT2D eigenvalue weighted by Crippen LogP contribution is -2.10. The molecule has 0 aliphatic heterocycles. The molecule has 1 heterocycles. The first kappa shape index (κ1) is 11.7. The summed E-state index contributed by atoms with van der Waals surface area (Å²) in [5, 5.41) is 0.722. The maximum Gasteiger partial charge on any atom is 0.323 e. The number of imidazole rings is 1. The van der Waals surface area contributed by atoms with Crippen molar-refractivity contribution in [3.63, 3.8) is 0 Å². The topological polar surface area (TPSA) is 60.7 Å². The Morgan fingerprint density at radius 1 is 1.11 bits per heavy atom. The van der Waals surface area contributed by atoms with Crippen LogP contribution in [0.3, 0.4) is 0 Å². The first-order valence-electron chi connectivity index (χ1n) is 6.45. The molecule has 3 N–H and O–H groups in total. The van der Waals surface area contributed by atoms with Crippen LogP contribution in [0.1, 0.15) is 32.1 Å². The molecule has 1 saturated carbocycles. The Labute approximate surface area is 110 Å². The Hall–Kier alpha value is -1.36. The quantitative estimate of drug-likeness (QED) is 0.745. The lowest BCUT2D eigenvalue weighted by molar-refractivity contribution is 0.516. The van der Waals surface area contributed by atoms with Gasteiger partial charge in [0, 0.05) is 10.9 Å². The molecular formula is C13H17N3OS. The molecule has 4 nitrogen and oxygen atoms in total. The minimum atomic E-state index is -0.151. The van der Waals surface area contributed by atoms with Crippen LogP contribution in [0.25, 0.3) is 11.0 Å². The molecule has 1 aromatic carbocycles. The molecular weight excluding hydrogens is 246 g/mol. The number of H-pyrrole nitrogens is 2. The van der Waals surface area contributed by atoms with Gasteiger partial charge in [0.15, 0.2) is 0 Å². The molecule has 0 unspecified atom stereocenters. The van der Waals surface area contributed by atoms with Crippen LogP contribution in [0.5, 0.6) is 0 Å². The second-order valence-electron chi connectivity index (χ2n) is 4.82. The molecule has 1 aromatic heterocycles. The maximum atomic E-state index is 11.2. The SMILES string of the molecule is O=c1[nH]c2ccc(NSC3CCCCC3)cc2[nH]1. The number of fused-ring (bicyclic) bond motifs is 1. The van der Waals surface area contributed by atoms with Crippen molar-refractivity contribution in [2.24, 2.45) is 0 Å². The largest absolute Gasteiger partial charge is 0.329 e. The molecule has 1 aliphatic carbocycles. The van der Waals surface area contributed by atoms with Crippen LogP contribution in [-0.4, -0.2) is 15.2 Å². The van der Waals surface area contributed by atoms with E-state index >= 15 is 0 Å². The lowest BCUT2D eigenvalue weighted by Gasteiger charge is -2.21. The number of aromatic amines is 2. The molecule has 3 rings (SSSR count). The summed E-state index contributed by atoms with van der Waals surface area (Å²) >= 11 is 1.81. The third-order valence-electron chi connectivity index (χ3n) is 3.41. The van der Waals surface area contributed by atoms with Crippen LogP contribution in [0.2, 0.25) is 0 Å². The average Bonchev–Trinajstić information content (AvgIpc) is 2.77. The van der Waals surface area contributed by atoms with Crippen molar-refractivity contribution in [1.82, 2.24) is 9.97 Å². The monoisotopic (exact) mass is 263 g/mol. The molecule has 5 heteroatoms. The fourth-order valence-corrected chi connectivity index (χ4v) is 3.43. The van der Waals surface area contributed by atoms with E-state index in [1.807, 2.05) is 30.1 Å². The summed E-state index contributed by atoms with van der Waals surface area (Å²) in [5.41, 5.74) is 2.61. The van der Waals surface area contributed by atoms with E-state index < -0.39 is 0 Å². The summed E-state index contributed by atoms with van der Waals surface area (Å²) in [7, 11) is 0. The van der Waals surface area contributed by atoms with Crippen LogP contribution >= 0.6 is 11.9 Å². The van der Waals surface area contributed by atoms with Gasteiger partial charge in [0.1, 0.15) is 0 Å². The van der Waals surface area contributed by atoms with Gasteiger partial charge in [0.2, 0.25) is 0 Å². The molecule has 0 bridgehead atoms. The zero-order chi connectivity index (χ0) is 12.4. The van der Waals surface area contributed by atoms with Crippen LogP contribution in [0, 0.1) is 0 Å². The van der Waals surface area contributed by atoms with Gasteiger partial charge in [0.25, 0.3) is 0 Å². The Morgan fingerprint density at radius 2 is 1.89 bits per heavy atom. The standard InChI is InChI=1S/C13H17N3OS/c17-13-14-11-7-6-9(8-12(11)15-13)16-18-10-4-2-1-3-5-10/h6-8,10,16H,1-5H2,(H2,14,15,17). The highest BCUT2D eigenvalue weighted by Crippen LogP contribution is 2.29. The predicted molar refractivity (Wildman–Crippen MR) is 77.0 cm³/mol. The predicted octanol–water partition coefficient (Wildman–Crippen LogP) is 3.25. The highest BCUT2D eigenvalue weighted by molar-refractivity contribution is 8.01. The van der Waals surface area contributed by atoms with Crippen molar-refractivity contribution in [1.29, 1.82) is 0 Å². The molecule has 18 heavy (non-hydrogen) atoms. The normalized spacial score (nSPS) is 17.1. The van der Waals surface area contributed by atoms with E-state index in [0.717, 1.165) is 22.0 Å². The molecule has 0 saturated heterocycles. The van der Waals surface area contributed by atoms with Crippen LogP contribution in [0.15, 0.2) is 23.0 Å². The van der Waals surface area contributed by atoms with E-state index in [4.69, 9.17) is 0 Å². The molecule has 96 valence electrons. The van der Waals surface area contributed by atoms with E-state index in [1.54, 1.807) is 0 Å². The van der Waals surface area contributed by atoms with Gasteiger partial charge in [-0.05, 0) is 43.0 Å². The molecule has 1 fully saturated rings. The van der Waals surface area contributed by atoms with E-state index in [2.05, 4.69) is 14.7 Å². The molecule has 0 spiro atoms. The molecule has 0 radical (unpaired) electrons. The Bertz CT molecular complexity index is 583. The fourth-order valence-electron chi connectivity index (χ4n) is 2.43. The van der Waals surface area contributed by atoms with Crippen molar-refractivity contribution >= 4 is 28.7 Å². The second kappa shape index (κ2) is 5.10. The molecule has 1 aliphatic rings. The Morgan fingerprint density at radius 3 is 2.72 bits per heavy atom. The van der Waals surface area contributed by atoms with Gasteiger partial charge in [-0.2, -0.15) is 0 Å². The fraction of sp³-hybridized carbons (Fsp3) is 0.462. The summed E-state index contributed by atoms with van der Waals surface area (Å²) in [6, 6.07) is 5.90. The maximum absolute atomic E-state index is 11.2. The van der Waals surface area contributed by atoms with E-state index in [-0.39, 0.29) is 5.69 Å². The van der Waals surface area contributed by atoms with Crippen molar-refractivity contribution < 1.29 is 0 Å². The summed E-state index contributed by atoms with van der Waals surface area (Å²) in [6.07, 6.45) is 6.70. The van der Waals surface area contributed by atoms with Crippen molar-refractivity contribution in [3.05, 3.63) is 28.7 Å².